The van der Waals surface area contributed by atoms with E-state index in [1.54, 1.807) is 6.20 Å². The second kappa shape index (κ2) is 8.67. The molecule has 2 aromatic heterocycles. The van der Waals surface area contributed by atoms with Crippen molar-refractivity contribution in [3.8, 4) is 5.69 Å². The van der Waals surface area contributed by atoms with Gasteiger partial charge in [0.1, 0.15) is 0 Å². The van der Waals surface area contributed by atoms with Gasteiger partial charge in [-0.1, -0.05) is 42.8 Å². The molecule has 1 saturated carbocycles. The Bertz CT molecular complexity index is 1230. The van der Waals surface area contributed by atoms with Gasteiger partial charge in [-0.05, 0) is 66.4 Å². The van der Waals surface area contributed by atoms with Gasteiger partial charge < -0.3 is 0 Å². The van der Waals surface area contributed by atoms with Crippen LogP contribution in [0.1, 0.15) is 62.9 Å². The molecule has 0 radical (unpaired) electrons. The molecule has 2 heterocycles. The van der Waals surface area contributed by atoms with Crippen molar-refractivity contribution in [1.82, 2.24) is 19.7 Å². The van der Waals surface area contributed by atoms with Crippen LogP contribution < -0.4 is 0 Å². The first-order valence-corrected chi connectivity index (χ1v) is 11.9. The van der Waals surface area contributed by atoms with Crippen LogP contribution in [0.2, 0.25) is 0 Å². The average Bonchev–Trinajstić information content (AvgIpc) is 3.37. The predicted octanol–water partition coefficient (Wildman–Crippen LogP) is 5.15. The molecule has 0 N–H and O–H groups in total. The number of imide groups is 1. The summed E-state index contributed by atoms with van der Waals surface area (Å²) in [4.78, 5) is 30.7. The van der Waals surface area contributed by atoms with E-state index in [1.165, 1.54) is 29.9 Å². The molecule has 1 unspecified atom stereocenters. The zero-order valence-corrected chi connectivity index (χ0v) is 19.9. The summed E-state index contributed by atoms with van der Waals surface area (Å²) >= 11 is 0. The largest absolute Gasteiger partial charge is 0.275 e. The van der Waals surface area contributed by atoms with Crippen molar-refractivity contribution in [2.75, 3.05) is 0 Å². The third kappa shape index (κ3) is 3.77. The number of amides is 2. The summed E-state index contributed by atoms with van der Waals surface area (Å²) in [6.07, 6.45) is 11.6. The van der Waals surface area contributed by atoms with Crippen LogP contribution in [0.5, 0.6) is 0 Å². The molecule has 2 aliphatic rings. The molecule has 1 fully saturated rings. The zero-order valence-electron chi connectivity index (χ0n) is 19.9. The van der Waals surface area contributed by atoms with Crippen molar-refractivity contribution in [3.05, 3.63) is 83.4 Å². The summed E-state index contributed by atoms with van der Waals surface area (Å²) in [6.45, 7) is 5.31. The topological polar surface area (TPSA) is 68.1 Å². The fourth-order valence-corrected chi connectivity index (χ4v) is 5.99. The summed E-state index contributed by atoms with van der Waals surface area (Å²) in [5.74, 6) is -0.0621. The van der Waals surface area contributed by atoms with Crippen molar-refractivity contribution in [2.45, 2.75) is 52.5 Å². The van der Waals surface area contributed by atoms with Gasteiger partial charge >= 0.3 is 0 Å². The fourth-order valence-electron chi connectivity index (χ4n) is 5.99. The minimum atomic E-state index is -0.267. The molecule has 2 aliphatic carbocycles. The maximum atomic E-state index is 12.5. The third-order valence-electron chi connectivity index (χ3n) is 7.72. The van der Waals surface area contributed by atoms with Crippen molar-refractivity contribution >= 4 is 17.9 Å². The molecule has 2 amide bonds. The monoisotopic (exact) mass is 454 g/mol. The number of pyridine rings is 1. The molecule has 1 aromatic carbocycles. The Morgan fingerprint density at radius 1 is 1.12 bits per heavy atom. The molecule has 6 heteroatoms. The van der Waals surface area contributed by atoms with Crippen molar-refractivity contribution < 1.29 is 9.59 Å². The number of nitrogens with zero attached hydrogens (tertiary/aromatic N) is 4. The quantitative estimate of drug-likeness (QED) is 0.535. The van der Waals surface area contributed by atoms with E-state index in [2.05, 4.69) is 23.1 Å². The minimum absolute atomic E-state index is 0.0257. The number of carbonyl (C=O) groups excluding carboxylic acids is 2. The number of hydrogen-bond donors (Lipinski definition) is 0. The van der Waals surface area contributed by atoms with Crippen LogP contribution >= 0.6 is 0 Å². The van der Waals surface area contributed by atoms with Gasteiger partial charge in [-0.25, -0.2) is 4.68 Å². The van der Waals surface area contributed by atoms with Crippen LogP contribution in [0.3, 0.4) is 0 Å². The van der Waals surface area contributed by atoms with E-state index < -0.39 is 0 Å². The van der Waals surface area contributed by atoms with E-state index in [9.17, 15) is 9.59 Å². The van der Waals surface area contributed by atoms with Gasteiger partial charge in [-0.15, -0.1) is 0 Å². The second-order valence-corrected chi connectivity index (χ2v) is 9.75. The molecule has 0 spiro atoms. The summed E-state index contributed by atoms with van der Waals surface area (Å²) in [5, 5.41) is 4.67. The summed E-state index contributed by atoms with van der Waals surface area (Å²) in [7, 11) is 0. The first-order valence-electron chi connectivity index (χ1n) is 11.9. The highest BCUT2D eigenvalue weighted by molar-refractivity contribution is 5.93. The third-order valence-corrected chi connectivity index (χ3v) is 7.72. The lowest BCUT2D eigenvalue weighted by Gasteiger charge is -2.39. The van der Waals surface area contributed by atoms with Gasteiger partial charge in [-0.3, -0.25) is 19.5 Å². The number of fused-ring (bicyclic) bond motifs is 2. The Hall–Kier alpha value is -3.54. The summed E-state index contributed by atoms with van der Waals surface area (Å²) < 4.78 is 1.97. The van der Waals surface area contributed by atoms with E-state index in [0.29, 0.717) is 5.92 Å². The number of aromatic nitrogens is 3. The minimum Gasteiger partial charge on any atom is -0.275 e. The maximum Gasteiger partial charge on any atom is 0.226 e. The Morgan fingerprint density at radius 3 is 2.56 bits per heavy atom. The van der Waals surface area contributed by atoms with Gasteiger partial charge in [0, 0.05) is 20.0 Å². The van der Waals surface area contributed by atoms with Crippen molar-refractivity contribution in [1.29, 1.82) is 0 Å². The smallest absolute Gasteiger partial charge is 0.226 e. The predicted molar refractivity (Wildman–Crippen MR) is 131 cm³/mol. The Morgan fingerprint density at radius 2 is 1.88 bits per heavy atom. The second-order valence-electron chi connectivity index (χ2n) is 9.75. The summed E-state index contributed by atoms with van der Waals surface area (Å²) in [5.41, 5.74) is 5.74. The van der Waals surface area contributed by atoms with Gasteiger partial charge in [0.05, 0.1) is 29.8 Å². The molecule has 3 aromatic rings. The molecular weight excluding hydrogens is 424 g/mol. The van der Waals surface area contributed by atoms with Crippen LogP contribution in [-0.4, -0.2) is 31.5 Å². The van der Waals surface area contributed by atoms with Gasteiger partial charge in [-0.2, -0.15) is 5.10 Å². The Labute approximate surface area is 200 Å². The lowest BCUT2D eigenvalue weighted by atomic mass is 9.68. The van der Waals surface area contributed by atoms with E-state index in [-0.39, 0.29) is 23.3 Å². The van der Waals surface area contributed by atoms with E-state index in [1.807, 2.05) is 59.5 Å². The number of rotatable bonds is 5. The molecule has 6 nitrogen and oxygen atoms in total. The van der Waals surface area contributed by atoms with Crippen LogP contribution in [0.15, 0.2) is 66.6 Å². The number of hydrogen-bond acceptors (Lipinski definition) is 4. The molecule has 0 aliphatic heterocycles. The number of carbonyl (C=O) groups is 2. The highest BCUT2D eigenvalue weighted by atomic mass is 16.2. The van der Waals surface area contributed by atoms with E-state index in [0.717, 1.165) is 42.6 Å². The molecule has 0 saturated heterocycles. The molecule has 0 bridgehead atoms. The van der Waals surface area contributed by atoms with E-state index >= 15 is 0 Å². The van der Waals surface area contributed by atoms with Crippen molar-refractivity contribution in [2.24, 2.45) is 11.3 Å². The zero-order chi connectivity index (χ0) is 23.9. The van der Waals surface area contributed by atoms with Gasteiger partial charge in [0.15, 0.2) is 0 Å². The van der Waals surface area contributed by atoms with E-state index in [4.69, 9.17) is 0 Å². The highest BCUT2D eigenvalue weighted by Crippen LogP contribution is 2.55. The molecule has 3 atom stereocenters. The van der Waals surface area contributed by atoms with Crippen LogP contribution in [0, 0.1) is 11.3 Å². The molecule has 34 heavy (non-hydrogen) atoms. The lowest BCUT2D eigenvalue weighted by molar-refractivity contribution is -0.145. The average molecular weight is 455 g/mol. The molecule has 174 valence electrons. The lowest BCUT2D eigenvalue weighted by Crippen LogP contribution is -2.39. The highest BCUT2D eigenvalue weighted by Gasteiger charge is 2.47. The first kappa shape index (κ1) is 22.3. The summed E-state index contributed by atoms with van der Waals surface area (Å²) in [6, 6.07) is 13.6. The van der Waals surface area contributed by atoms with Gasteiger partial charge in [0.2, 0.25) is 11.8 Å². The SMILES string of the molecule is CC(=O)N(C(C)=O)C(C[C@H]1CCC2=Cc3c(cnn3-c3cccnc3)C[C@@]21C)c1ccccc1. The molecular formula is C28H30N4O2. The first-order chi connectivity index (χ1) is 16.4. The van der Waals surface area contributed by atoms with Crippen LogP contribution in [0.4, 0.5) is 0 Å². The Balaban J connectivity index is 1.48. The number of benzene rings is 1. The normalized spacial score (nSPS) is 21.9. The van der Waals surface area contributed by atoms with Crippen LogP contribution in [-0.2, 0) is 16.0 Å². The number of allylic oxidation sites excluding steroid dienone is 1. The molecule has 5 rings (SSSR count). The van der Waals surface area contributed by atoms with Crippen molar-refractivity contribution in [3.63, 3.8) is 0 Å². The van der Waals surface area contributed by atoms with Gasteiger partial charge in [0.25, 0.3) is 0 Å². The fraction of sp³-hybridized carbons (Fsp3) is 0.357. The standard InChI is InChI=1S/C28H30N4O2/c1-19(33)31(20(2)34)26(21-8-5-4-6-9-21)14-23-11-12-24-15-27-22(16-28(23,24)3)17-30-32(27)25-10-7-13-29-18-25/h4-10,13,15,17-18,23,26H,11-12,14,16H2,1-3H3/t23-,26?,28-/m1/s1. The van der Waals surface area contributed by atoms with Crippen LogP contribution in [0.25, 0.3) is 11.8 Å². The maximum absolute atomic E-state index is 12.5. The Kier molecular flexibility index (Phi) is 5.68.